The van der Waals surface area contributed by atoms with Gasteiger partial charge in [0.25, 0.3) is 0 Å². The summed E-state index contributed by atoms with van der Waals surface area (Å²) >= 11 is 0. The third-order valence-corrected chi connectivity index (χ3v) is 3.32. The lowest BCUT2D eigenvalue weighted by Gasteiger charge is -2.13. The number of aromatic nitrogens is 1. The zero-order valence-electron chi connectivity index (χ0n) is 12.3. The molecule has 0 aliphatic heterocycles. The number of rotatable bonds is 3. The lowest BCUT2D eigenvalue weighted by Crippen LogP contribution is -1.97. The van der Waals surface area contributed by atoms with Gasteiger partial charge in [-0.3, -0.25) is 0 Å². The van der Waals surface area contributed by atoms with E-state index in [1.807, 2.05) is 32.0 Å². The average molecular weight is 266 g/mol. The van der Waals surface area contributed by atoms with Crippen LogP contribution in [0.25, 0.3) is 0 Å². The second-order valence-electron chi connectivity index (χ2n) is 5.20. The molecule has 2 aromatic rings. The predicted octanol–water partition coefficient (Wildman–Crippen LogP) is 4.49. The van der Waals surface area contributed by atoms with Gasteiger partial charge in [0.2, 0.25) is 5.88 Å². The van der Waals surface area contributed by atoms with Crippen molar-refractivity contribution in [1.82, 2.24) is 4.98 Å². The van der Waals surface area contributed by atoms with Gasteiger partial charge in [0, 0.05) is 6.20 Å². The molecule has 20 heavy (non-hydrogen) atoms. The summed E-state index contributed by atoms with van der Waals surface area (Å²) in [6.45, 7) is 8.14. The molecule has 3 nitrogen and oxygen atoms in total. The molecule has 0 saturated heterocycles. The number of hydrogen-bond donors (Lipinski definition) is 0. The summed E-state index contributed by atoms with van der Waals surface area (Å²) in [7, 11) is 0. The van der Waals surface area contributed by atoms with E-state index < -0.39 is 0 Å². The van der Waals surface area contributed by atoms with Crippen molar-refractivity contribution in [3.05, 3.63) is 52.7 Å². The van der Waals surface area contributed by atoms with Crippen molar-refractivity contribution in [3.8, 4) is 17.7 Å². The molecule has 3 heteroatoms. The summed E-state index contributed by atoms with van der Waals surface area (Å²) in [4.78, 5) is 4.18. The molecule has 1 heterocycles. The van der Waals surface area contributed by atoms with Crippen LogP contribution in [0, 0.1) is 25.2 Å². The molecule has 1 aromatic heterocycles. The Balaban J connectivity index is 2.43. The quantitative estimate of drug-likeness (QED) is 0.822. The van der Waals surface area contributed by atoms with E-state index in [4.69, 9.17) is 4.74 Å². The minimum absolute atomic E-state index is 0.372. The van der Waals surface area contributed by atoms with Crippen molar-refractivity contribution >= 4 is 0 Å². The van der Waals surface area contributed by atoms with E-state index in [1.54, 1.807) is 6.20 Å². The van der Waals surface area contributed by atoms with E-state index in [1.165, 1.54) is 5.56 Å². The van der Waals surface area contributed by atoms with Crippen LogP contribution in [0.5, 0.6) is 11.6 Å². The Kier molecular flexibility index (Phi) is 4.05. The summed E-state index contributed by atoms with van der Waals surface area (Å²) in [5.41, 5.74) is 3.59. The van der Waals surface area contributed by atoms with Gasteiger partial charge in [0.1, 0.15) is 17.4 Å². The van der Waals surface area contributed by atoms with Crippen molar-refractivity contribution < 1.29 is 4.74 Å². The Labute approximate surface area is 119 Å². The van der Waals surface area contributed by atoms with E-state index in [0.717, 1.165) is 16.9 Å². The first-order chi connectivity index (χ1) is 9.52. The van der Waals surface area contributed by atoms with Gasteiger partial charge in [0.15, 0.2) is 0 Å². The van der Waals surface area contributed by atoms with E-state index in [9.17, 15) is 5.26 Å². The molecule has 0 N–H and O–H groups in total. The van der Waals surface area contributed by atoms with Crippen molar-refractivity contribution in [2.75, 3.05) is 0 Å². The van der Waals surface area contributed by atoms with Crippen LogP contribution in [0.3, 0.4) is 0 Å². The number of benzene rings is 1. The highest BCUT2D eigenvalue weighted by molar-refractivity contribution is 5.47. The van der Waals surface area contributed by atoms with Crippen molar-refractivity contribution in [3.63, 3.8) is 0 Å². The molecular weight excluding hydrogens is 248 g/mol. The molecule has 0 radical (unpaired) electrons. The van der Waals surface area contributed by atoms with Crippen LogP contribution in [0.15, 0.2) is 30.5 Å². The number of aryl methyl sites for hydroxylation is 2. The molecule has 102 valence electrons. The van der Waals surface area contributed by atoms with Crippen molar-refractivity contribution in [2.45, 2.75) is 33.6 Å². The summed E-state index contributed by atoms with van der Waals surface area (Å²) < 4.78 is 5.87. The Morgan fingerprint density at radius 2 is 1.90 bits per heavy atom. The molecule has 0 aliphatic rings. The zero-order valence-corrected chi connectivity index (χ0v) is 12.3. The zero-order chi connectivity index (χ0) is 14.7. The van der Waals surface area contributed by atoms with Crippen LogP contribution in [0.1, 0.15) is 42.0 Å². The number of nitrogens with zero attached hydrogens (tertiary/aromatic N) is 2. The average Bonchev–Trinajstić information content (AvgIpc) is 2.41. The van der Waals surface area contributed by atoms with Gasteiger partial charge in [-0.2, -0.15) is 5.26 Å². The number of pyridine rings is 1. The fourth-order valence-electron chi connectivity index (χ4n) is 1.94. The third kappa shape index (κ3) is 2.80. The molecule has 1 aromatic carbocycles. The van der Waals surface area contributed by atoms with E-state index in [2.05, 4.69) is 31.0 Å². The maximum absolute atomic E-state index is 9.22. The van der Waals surface area contributed by atoms with Crippen molar-refractivity contribution in [1.29, 1.82) is 5.26 Å². The van der Waals surface area contributed by atoms with Gasteiger partial charge in [-0.1, -0.05) is 26.0 Å². The van der Waals surface area contributed by atoms with E-state index >= 15 is 0 Å². The lowest BCUT2D eigenvalue weighted by atomic mass is 10.0. The van der Waals surface area contributed by atoms with Gasteiger partial charge in [-0.15, -0.1) is 0 Å². The third-order valence-electron chi connectivity index (χ3n) is 3.32. The standard InChI is InChI=1S/C17H18N2O/c1-11(2)14-6-5-13(4)16(9-14)20-17-15(10-18)12(3)7-8-19-17/h5-9,11H,1-4H3. The number of ether oxygens (including phenoxy) is 1. The fourth-order valence-corrected chi connectivity index (χ4v) is 1.94. The van der Waals surface area contributed by atoms with Crippen LogP contribution in [-0.2, 0) is 0 Å². The van der Waals surface area contributed by atoms with Crippen LogP contribution in [0.2, 0.25) is 0 Å². The predicted molar refractivity (Wildman–Crippen MR) is 79.0 cm³/mol. The minimum Gasteiger partial charge on any atom is -0.437 e. The maximum atomic E-state index is 9.22. The highest BCUT2D eigenvalue weighted by atomic mass is 16.5. The largest absolute Gasteiger partial charge is 0.437 e. The topological polar surface area (TPSA) is 45.9 Å². The lowest BCUT2D eigenvalue weighted by molar-refractivity contribution is 0.456. The summed E-state index contributed by atoms with van der Waals surface area (Å²) in [5, 5.41) is 9.22. The van der Waals surface area contributed by atoms with Gasteiger partial charge in [-0.25, -0.2) is 4.98 Å². The molecule has 0 saturated carbocycles. The normalized spacial score (nSPS) is 10.4. The smallest absolute Gasteiger partial charge is 0.237 e. The Hall–Kier alpha value is -2.34. The molecular formula is C17H18N2O. The summed E-state index contributed by atoms with van der Waals surface area (Å²) in [6, 6.07) is 10.1. The van der Waals surface area contributed by atoms with E-state index in [-0.39, 0.29) is 0 Å². The molecule has 0 bridgehead atoms. The second kappa shape index (κ2) is 5.75. The Bertz CT molecular complexity index is 669. The molecule has 0 unspecified atom stereocenters. The van der Waals surface area contributed by atoms with Crippen molar-refractivity contribution in [2.24, 2.45) is 0 Å². The monoisotopic (exact) mass is 266 g/mol. The van der Waals surface area contributed by atoms with Gasteiger partial charge in [-0.05, 0) is 48.6 Å². The Morgan fingerprint density at radius 1 is 1.15 bits per heavy atom. The Morgan fingerprint density at radius 3 is 2.55 bits per heavy atom. The van der Waals surface area contributed by atoms with E-state index in [0.29, 0.717) is 17.4 Å². The molecule has 0 amide bonds. The number of nitriles is 1. The van der Waals surface area contributed by atoms with Gasteiger partial charge >= 0.3 is 0 Å². The molecule has 2 rings (SSSR count). The van der Waals surface area contributed by atoms with Crippen LogP contribution >= 0.6 is 0 Å². The SMILES string of the molecule is Cc1ccc(C(C)C)cc1Oc1nccc(C)c1C#N. The van der Waals surface area contributed by atoms with Gasteiger partial charge in [0.05, 0.1) is 0 Å². The number of hydrogen-bond acceptors (Lipinski definition) is 3. The first kappa shape index (κ1) is 14.1. The first-order valence-corrected chi connectivity index (χ1v) is 6.67. The second-order valence-corrected chi connectivity index (χ2v) is 5.20. The molecule has 0 fully saturated rings. The van der Waals surface area contributed by atoms with Crippen LogP contribution < -0.4 is 4.74 Å². The minimum atomic E-state index is 0.372. The molecule has 0 aliphatic carbocycles. The molecule has 0 atom stereocenters. The first-order valence-electron chi connectivity index (χ1n) is 6.67. The molecule has 0 spiro atoms. The maximum Gasteiger partial charge on any atom is 0.237 e. The fraction of sp³-hybridized carbons (Fsp3) is 0.294. The van der Waals surface area contributed by atoms with Crippen LogP contribution in [-0.4, -0.2) is 4.98 Å². The van der Waals surface area contributed by atoms with Crippen LogP contribution in [0.4, 0.5) is 0 Å². The highest BCUT2D eigenvalue weighted by Gasteiger charge is 2.11. The summed E-state index contributed by atoms with van der Waals surface area (Å²) in [5.74, 6) is 1.56. The van der Waals surface area contributed by atoms with Gasteiger partial charge < -0.3 is 4.74 Å². The highest BCUT2D eigenvalue weighted by Crippen LogP contribution is 2.30. The summed E-state index contributed by atoms with van der Waals surface area (Å²) in [6.07, 6.45) is 1.66.